The normalized spacial score (nSPS) is 10.4. The second-order valence-corrected chi connectivity index (χ2v) is 5.45. The Bertz CT molecular complexity index is 827. The van der Waals surface area contributed by atoms with Crippen molar-refractivity contribution in [2.24, 2.45) is 0 Å². The molecule has 0 fully saturated rings. The minimum absolute atomic E-state index is 0.575. The summed E-state index contributed by atoms with van der Waals surface area (Å²) in [5, 5.41) is 12.1. The zero-order valence-electron chi connectivity index (χ0n) is 10.2. The highest BCUT2D eigenvalue weighted by molar-refractivity contribution is 7.99. The largest absolute Gasteiger partial charge is 0.248 e. The van der Waals surface area contributed by atoms with Gasteiger partial charge < -0.3 is 0 Å². The molecule has 2 aromatic heterocycles. The molecule has 0 saturated heterocycles. The third kappa shape index (κ3) is 2.46. The zero-order valence-corrected chi connectivity index (χ0v) is 11.8. The van der Waals surface area contributed by atoms with E-state index in [4.69, 9.17) is 11.6 Å². The number of hydrogen-bond acceptors (Lipinski definition) is 4. The maximum atomic E-state index is 9.25. The van der Waals surface area contributed by atoms with Gasteiger partial charge in [-0.25, -0.2) is 9.97 Å². The zero-order chi connectivity index (χ0) is 13.9. The van der Waals surface area contributed by atoms with Crippen LogP contribution in [0.4, 0.5) is 0 Å². The highest BCUT2D eigenvalue weighted by Gasteiger charge is 2.09. The molecular formula is C15H8ClN3S. The van der Waals surface area contributed by atoms with E-state index in [0.717, 1.165) is 10.9 Å². The molecule has 3 aromatic rings. The molecule has 2 heterocycles. The summed E-state index contributed by atoms with van der Waals surface area (Å²) in [6, 6.07) is 15.1. The van der Waals surface area contributed by atoms with Crippen LogP contribution >= 0.6 is 23.4 Å². The lowest BCUT2D eigenvalue weighted by molar-refractivity contribution is 1.11. The van der Waals surface area contributed by atoms with Gasteiger partial charge in [0, 0.05) is 11.6 Å². The van der Waals surface area contributed by atoms with Gasteiger partial charge in [-0.05, 0) is 36.0 Å². The molecule has 3 rings (SSSR count). The molecule has 5 heteroatoms. The van der Waals surface area contributed by atoms with E-state index < -0.39 is 0 Å². The van der Waals surface area contributed by atoms with Gasteiger partial charge in [-0.3, -0.25) is 0 Å². The number of fused-ring (bicyclic) bond motifs is 1. The van der Waals surface area contributed by atoms with E-state index in [1.54, 1.807) is 24.4 Å². The SMILES string of the molecule is N#Cc1cc(Sc2ncccc2Cl)nc2ccccc12. The second-order valence-electron chi connectivity index (χ2n) is 4.03. The van der Waals surface area contributed by atoms with E-state index in [1.807, 2.05) is 24.3 Å². The highest BCUT2D eigenvalue weighted by Crippen LogP contribution is 2.32. The van der Waals surface area contributed by atoms with Crippen molar-refractivity contribution in [2.75, 3.05) is 0 Å². The maximum Gasteiger partial charge on any atom is 0.121 e. The molecule has 0 bridgehead atoms. The van der Waals surface area contributed by atoms with Gasteiger partial charge in [-0.1, -0.05) is 29.8 Å². The standard InChI is InChI=1S/C15H8ClN3S/c16-12-5-3-7-18-15(12)20-14-8-10(9-17)11-4-1-2-6-13(11)19-14/h1-8H. The van der Waals surface area contributed by atoms with Crippen LogP contribution in [0.5, 0.6) is 0 Å². The minimum Gasteiger partial charge on any atom is -0.248 e. The lowest BCUT2D eigenvalue weighted by atomic mass is 10.1. The lowest BCUT2D eigenvalue weighted by Crippen LogP contribution is -1.88. The Morgan fingerprint density at radius 3 is 2.80 bits per heavy atom. The molecule has 0 spiro atoms. The van der Waals surface area contributed by atoms with Gasteiger partial charge in [0.25, 0.3) is 0 Å². The molecule has 3 nitrogen and oxygen atoms in total. The summed E-state index contributed by atoms with van der Waals surface area (Å²) >= 11 is 7.44. The molecule has 20 heavy (non-hydrogen) atoms. The molecule has 0 amide bonds. The topological polar surface area (TPSA) is 49.6 Å². The Labute approximate surface area is 125 Å². The summed E-state index contributed by atoms with van der Waals surface area (Å²) < 4.78 is 0. The Morgan fingerprint density at radius 1 is 1.15 bits per heavy atom. The second kappa shape index (κ2) is 5.49. The first-order valence-corrected chi connectivity index (χ1v) is 7.05. The number of hydrogen-bond donors (Lipinski definition) is 0. The Balaban J connectivity index is 2.09. The predicted molar refractivity (Wildman–Crippen MR) is 79.8 cm³/mol. The summed E-state index contributed by atoms with van der Waals surface area (Å²) in [5.41, 5.74) is 1.39. The number of pyridine rings is 2. The third-order valence-corrected chi connectivity index (χ3v) is 4.09. The van der Waals surface area contributed by atoms with Gasteiger partial charge in [0.05, 0.1) is 22.2 Å². The molecule has 1 aromatic carbocycles. The number of halogens is 1. The average Bonchev–Trinajstić information content (AvgIpc) is 2.49. The number of nitrogens with zero attached hydrogens (tertiary/aromatic N) is 3. The molecule has 0 N–H and O–H groups in total. The Morgan fingerprint density at radius 2 is 2.00 bits per heavy atom. The van der Waals surface area contributed by atoms with Crippen LogP contribution in [-0.4, -0.2) is 9.97 Å². The molecule has 0 aliphatic carbocycles. The van der Waals surface area contributed by atoms with Crippen LogP contribution in [0.3, 0.4) is 0 Å². The molecule has 0 unspecified atom stereocenters. The van der Waals surface area contributed by atoms with Crippen molar-refractivity contribution in [1.29, 1.82) is 5.26 Å². The smallest absolute Gasteiger partial charge is 0.121 e. The monoisotopic (exact) mass is 297 g/mol. The molecule has 0 radical (unpaired) electrons. The molecule has 96 valence electrons. The van der Waals surface area contributed by atoms with Crippen molar-refractivity contribution in [3.63, 3.8) is 0 Å². The van der Waals surface area contributed by atoms with Crippen molar-refractivity contribution in [2.45, 2.75) is 10.1 Å². The van der Waals surface area contributed by atoms with E-state index >= 15 is 0 Å². The summed E-state index contributed by atoms with van der Waals surface area (Å²) in [7, 11) is 0. The van der Waals surface area contributed by atoms with Crippen molar-refractivity contribution in [3.05, 3.63) is 59.2 Å². The van der Waals surface area contributed by atoms with Gasteiger partial charge >= 0.3 is 0 Å². The maximum absolute atomic E-state index is 9.25. The van der Waals surface area contributed by atoms with E-state index in [-0.39, 0.29) is 0 Å². The first kappa shape index (κ1) is 12.9. The van der Waals surface area contributed by atoms with E-state index in [2.05, 4.69) is 16.0 Å². The Hall–Kier alpha value is -2.09. The first-order chi connectivity index (χ1) is 9.78. The summed E-state index contributed by atoms with van der Waals surface area (Å²) in [6.07, 6.45) is 1.68. The average molecular weight is 298 g/mol. The molecule has 0 atom stereocenters. The number of aromatic nitrogens is 2. The van der Waals surface area contributed by atoms with Crippen LogP contribution in [0.2, 0.25) is 5.02 Å². The van der Waals surface area contributed by atoms with Crippen LogP contribution in [0.15, 0.2) is 58.7 Å². The molecular weight excluding hydrogens is 290 g/mol. The highest BCUT2D eigenvalue weighted by atomic mass is 35.5. The molecule has 0 saturated carbocycles. The van der Waals surface area contributed by atoms with Crippen LogP contribution in [0.25, 0.3) is 10.9 Å². The quantitative estimate of drug-likeness (QED) is 0.707. The van der Waals surface area contributed by atoms with Gasteiger partial charge in [-0.15, -0.1) is 0 Å². The summed E-state index contributed by atoms with van der Waals surface area (Å²) in [5.74, 6) is 0. The Kier molecular flexibility index (Phi) is 3.55. The fourth-order valence-electron chi connectivity index (χ4n) is 1.84. The van der Waals surface area contributed by atoms with Gasteiger partial charge in [0.15, 0.2) is 0 Å². The summed E-state index contributed by atoms with van der Waals surface area (Å²) in [6.45, 7) is 0. The van der Waals surface area contributed by atoms with Crippen LogP contribution in [-0.2, 0) is 0 Å². The van der Waals surface area contributed by atoms with Crippen LogP contribution in [0.1, 0.15) is 5.56 Å². The van der Waals surface area contributed by atoms with E-state index in [0.29, 0.717) is 20.6 Å². The van der Waals surface area contributed by atoms with Gasteiger partial charge in [-0.2, -0.15) is 5.26 Å². The minimum atomic E-state index is 0.575. The van der Waals surface area contributed by atoms with Crippen LogP contribution in [0, 0.1) is 11.3 Å². The lowest BCUT2D eigenvalue weighted by Gasteiger charge is -2.05. The predicted octanol–water partition coefficient (Wildman–Crippen LogP) is 4.31. The first-order valence-electron chi connectivity index (χ1n) is 5.86. The van der Waals surface area contributed by atoms with E-state index in [9.17, 15) is 5.26 Å². The van der Waals surface area contributed by atoms with Crippen molar-refractivity contribution >= 4 is 34.3 Å². The van der Waals surface area contributed by atoms with Gasteiger partial charge in [0.1, 0.15) is 10.1 Å². The van der Waals surface area contributed by atoms with Crippen LogP contribution < -0.4 is 0 Å². The van der Waals surface area contributed by atoms with Gasteiger partial charge in [0.2, 0.25) is 0 Å². The third-order valence-electron chi connectivity index (χ3n) is 2.74. The van der Waals surface area contributed by atoms with Crippen molar-refractivity contribution in [3.8, 4) is 6.07 Å². The van der Waals surface area contributed by atoms with E-state index in [1.165, 1.54) is 11.8 Å². The van der Waals surface area contributed by atoms with Crippen molar-refractivity contribution < 1.29 is 0 Å². The van der Waals surface area contributed by atoms with Crippen molar-refractivity contribution in [1.82, 2.24) is 9.97 Å². The molecule has 0 aliphatic heterocycles. The number of rotatable bonds is 2. The number of benzene rings is 1. The number of nitriles is 1. The number of para-hydroxylation sites is 1. The fourth-order valence-corrected chi connectivity index (χ4v) is 2.88. The molecule has 0 aliphatic rings. The summed E-state index contributed by atoms with van der Waals surface area (Å²) in [4.78, 5) is 8.75. The fraction of sp³-hybridized carbons (Fsp3) is 0.